The first-order valence-corrected chi connectivity index (χ1v) is 7.91. The van der Waals surface area contributed by atoms with Crippen LogP contribution < -0.4 is 0 Å². The van der Waals surface area contributed by atoms with Crippen LogP contribution in [0.5, 0.6) is 0 Å². The van der Waals surface area contributed by atoms with E-state index in [1.807, 2.05) is 0 Å². The number of aliphatic carboxylic acids is 1. The molecule has 1 aromatic heterocycles. The van der Waals surface area contributed by atoms with E-state index in [1.165, 1.54) is 0 Å². The van der Waals surface area contributed by atoms with Crippen molar-refractivity contribution < 1.29 is 31.9 Å². The number of hydrogen-bond donors (Lipinski definition) is 1. The van der Waals surface area contributed by atoms with Gasteiger partial charge in [-0.3, -0.25) is 4.79 Å². The first kappa shape index (κ1) is 18.0. The van der Waals surface area contributed by atoms with Gasteiger partial charge in [-0.2, -0.15) is 0 Å². The van der Waals surface area contributed by atoms with E-state index in [2.05, 4.69) is 4.98 Å². The van der Waals surface area contributed by atoms with Crippen molar-refractivity contribution in [3.8, 4) is 0 Å². The number of para-hydroxylation sites is 1. The van der Waals surface area contributed by atoms with Crippen molar-refractivity contribution in [2.75, 3.05) is 0 Å². The second kappa shape index (κ2) is 6.83. The Kier molecular flexibility index (Phi) is 4.73. The lowest BCUT2D eigenvalue weighted by Gasteiger charge is -2.07. The van der Waals surface area contributed by atoms with E-state index in [1.54, 1.807) is 24.3 Å². The molecule has 0 aliphatic carbocycles. The molecule has 0 unspecified atom stereocenters. The third kappa shape index (κ3) is 3.17. The van der Waals surface area contributed by atoms with Gasteiger partial charge in [0, 0.05) is 0 Å². The van der Waals surface area contributed by atoms with Crippen LogP contribution in [0.25, 0.3) is 21.9 Å². The van der Waals surface area contributed by atoms with Crippen molar-refractivity contribution >= 4 is 39.2 Å². The molecule has 0 amide bonds. The smallest absolute Gasteiger partial charge is 0.307 e. The Labute approximate surface area is 147 Å². The number of carbonyl (C=O) groups is 1. The van der Waals surface area contributed by atoms with Gasteiger partial charge in [0.1, 0.15) is 5.01 Å². The average Bonchev–Trinajstić information content (AvgIpc) is 3.04. The zero-order valence-corrected chi connectivity index (χ0v) is 13.5. The third-order valence-corrected chi connectivity index (χ3v) is 4.58. The van der Waals surface area contributed by atoms with E-state index in [0.717, 1.165) is 11.3 Å². The number of benzene rings is 2. The van der Waals surface area contributed by atoms with Crippen LogP contribution in [0.4, 0.5) is 22.0 Å². The Morgan fingerprint density at radius 1 is 1.00 bits per heavy atom. The number of halogens is 5. The molecule has 0 saturated carbocycles. The summed E-state index contributed by atoms with van der Waals surface area (Å²) in [5.41, 5.74) is -0.875. The predicted molar refractivity (Wildman–Crippen MR) is 86.0 cm³/mol. The largest absolute Gasteiger partial charge is 0.481 e. The Morgan fingerprint density at radius 2 is 1.58 bits per heavy atom. The van der Waals surface area contributed by atoms with E-state index >= 15 is 0 Å². The van der Waals surface area contributed by atoms with Gasteiger partial charge in [-0.05, 0) is 23.8 Å². The van der Waals surface area contributed by atoms with Crippen LogP contribution in [0.1, 0.15) is 17.0 Å². The zero-order chi connectivity index (χ0) is 19.0. The summed E-state index contributed by atoms with van der Waals surface area (Å²) in [6.45, 7) is 0. The van der Waals surface area contributed by atoms with Crippen molar-refractivity contribution in [2.45, 2.75) is 6.42 Å². The van der Waals surface area contributed by atoms with Crippen molar-refractivity contribution in [1.29, 1.82) is 0 Å². The first-order chi connectivity index (χ1) is 12.3. The Balaban J connectivity index is 2.22. The number of thiazole rings is 1. The van der Waals surface area contributed by atoms with Crippen LogP contribution in [0.2, 0.25) is 0 Å². The predicted octanol–water partition coefficient (Wildman–Crippen LogP) is 5.01. The number of fused-ring (bicyclic) bond motifs is 1. The number of nitrogens with zero attached hydrogens (tertiary/aromatic N) is 1. The molecule has 0 spiro atoms. The highest BCUT2D eigenvalue weighted by atomic mass is 32.1. The molecule has 0 fully saturated rings. The molecule has 3 nitrogen and oxygen atoms in total. The lowest BCUT2D eigenvalue weighted by molar-refractivity contribution is -0.135. The second-order valence-electron chi connectivity index (χ2n) is 5.21. The van der Waals surface area contributed by atoms with Crippen LogP contribution in [-0.4, -0.2) is 16.1 Å². The normalized spacial score (nSPS) is 12.0. The van der Waals surface area contributed by atoms with E-state index in [0.29, 0.717) is 16.3 Å². The number of aromatic nitrogens is 1. The van der Waals surface area contributed by atoms with Gasteiger partial charge in [0.05, 0.1) is 22.2 Å². The fraction of sp³-hybridized carbons (Fsp3) is 0.0588. The van der Waals surface area contributed by atoms with Gasteiger partial charge in [-0.25, -0.2) is 26.9 Å². The molecule has 0 aliphatic rings. The molecule has 3 rings (SSSR count). The highest BCUT2D eigenvalue weighted by Crippen LogP contribution is 2.32. The van der Waals surface area contributed by atoms with Crippen LogP contribution >= 0.6 is 11.3 Å². The van der Waals surface area contributed by atoms with Gasteiger partial charge in [-0.15, -0.1) is 11.3 Å². The molecule has 0 bridgehead atoms. The summed E-state index contributed by atoms with van der Waals surface area (Å²) in [5, 5.41) is 9.14. The second-order valence-corrected chi connectivity index (χ2v) is 6.24. The lowest BCUT2D eigenvalue weighted by atomic mass is 10.1. The van der Waals surface area contributed by atoms with E-state index in [-0.39, 0.29) is 10.6 Å². The summed E-state index contributed by atoms with van der Waals surface area (Å²) >= 11 is 1.04. The number of carboxylic acids is 1. The van der Waals surface area contributed by atoms with Crippen molar-refractivity contribution in [3.63, 3.8) is 0 Å². The maximum atomic E-state index is 13.9. The van der Waals surface area contributed by atoms with Gasteiger partial charge in [0.15, 0.2) is 23.3 Å². The molecular weight excluding hydrogens is 377 g/mol. The number of hydrogen-bond acceptors (Lipinski definition) is 3. The van der Waals surface area contributed by atoms with Crippen LogP contribution in [-0.2, 0) is 4.79 Å². The van der Waals surface area contributed by atoms with Crippen molar-refractivity contribution in [2.24, 2.45) is 0 Å². The molecule has 2 aromatic carbocycles. The highest BCUT2D eigenvalue weighted by Gasteiger charge is 2.25. The Bertz CT molecular complexity index is 999. The van der Waals surface area contributed by atoms with E-state index in [9.17, 15) is 26.7 Å². The molecule has 9 heteroatoms. The van der Waals surface area contributed by atoms with Gasteiger partial charge >= 0.3 is 5.97 Å². The molecular formula is C17H8F5NO2S. The SMILES string of the molecule is O=C(O)CC(=Cc1c(F)c(F)c(F)c(F)c1F)c1nc2ccccc2s1. The zero-order valence-electron chi connectivity index (χ0n) is 12.7. The topological polar surface area (TPSA) is 50.2 Å². The summed E-state index contributed by atoms with van der Waals surface area (Å²) in [7, 11) is 0. The standard InChI is InChI=1S/C17H8F5NO2S/c18-12-8(13(19)15(21)16(22)14(12)20)5-7(6-11(24)25)17-23-9-3-1-2-4-10(9)26-17/h1-5H,6H2,(H,24,25). The summed E-state index contributed by atoms with van der Waals surface area (Å²) < 4.78 is 68.3. The minimum Gasteiger partial charge on any atom is -0.481 e. The van der Waals surface area contributed by atoms with Gasteiger partial charge in [-0.1, -0.05) is 12.1 Å². The molecule has 0 atom stereocenters. The highest BCUT2D eigenvalue weighted by molar-refractivity contribution is 7.19. The maximum Gasteiger partial charge on any atom is 0.307 e. The molecule has 0 aliphatic heterocycles. The van der Waals surface area contributed by atoms with Crippen molar-refractivity contribution in [3.05, 3.63) is 63.9 Å². The molecule has 0 saturated heterocycles. The van der Waals surface area contributed by atoms with Crippen LogP contribution in [0, 0.1) is 29.1 Å². The monoisotopic (exact) mass is 385 g/mol. The van der Waals surface area contributed by atoms with Gasteiger partial charge in [0.25, 0.3) is 0 Å². The Morgan fingerprint density at radius 3 is 2.15 bits per heavy atom. The summed E-state index contributed by atoms with van der Waals surface area (Å²) in [4.78, 5) is 15.3. The van der Waals surface area contributed by atoms with Crippen LogP contribution in [0.3, 0.4) is 0 Å². The Hall–Kier alpha value is -2.81. The minimum atomic E-state index is -2.28. The fourth-order valence-corrected chi connectivity index (χ4v) is 3.26. The summed E-state index contributed by atoms with van der Waals surface area (Å²) in [6.07, 6.45) is -0.0819. The lowest BCUT2D eigenvalue weighted by Crippen LogP contribution is -2.05. The third-order valence-electron chi connectivity index (χ3n) is 3.47. The number of rotatable bonds is 4. The molecule has 1 heterocycles. The van der Waals surface area contributed by atoms with E-state index in [4.69, 9.17) is 5.11 Å². The number of carboxylic acid groups (broad SMARTS) is 1. The average molecular weight is 385 g/mol. The van der Waals surface area contributed by atoms with Gasteiger partial charge < -0.3 is 5.11 Å². The van der Waals surface area contributed by atoms with Crippen molar-refractivity contribution in [1.82, 2.24) is 4.98 Å². The maximum absolute atomic E-state index is 13.9. The molecule has 134 valence electrons. The summed E-state index contributed by atoms with van der Waals surface area (Å²) in [5.74, 6) is -11.9. The van der Waals surface area contributed by atoms with E-state index < -0.39 is 47.0 Å². The molecule has 1 N–H and O–H groups in total. The van der Waals surface area contributed by atoms with Gasteiger partial charge in [0.2, 0.25) is 5.82 Å². The first-order valence-electron chi connectivity index (χ1n) is 7.09. The minimum absolute atomic E-state index is 0.109. The fourth-order valence-electron chi connectivity index (χ4n) is 2.28. The molecule has 3 aromatic rings. The quantitative estimate of drug-likeness (QED) is 0.390. The van der Waals surface area contributed by atoms with Crippen LogP contribution in [0.15, 0.2) is 24.3 Å². The molecule has 26 heavy (non-hydrogen) atoms. The summed E-state index contributed by atoms with van der Waals surface area (Å²) in [6, 6.07) is 6.75. The molecule has 0 radical (unpaired) electrons.